The number of ketones is 1. The minimum absolute atomic E-state index is 0.0282. The van der Waals surface area contributed by atoms with E-state index in [4.69, 9.17) is 4.74 Å². The molecule has 0 amide bonds. The van der Waals surface area contributed by atoms with Crippen molar-refractivity contribution in [2.75, 3.05) is 12.4 Å². The van der Waals surface area contributed by atoms with Crippen molar-refractivity contribution < 1.29 is 23.0 Å². The molecule has 2 aromatic carbocycles. The summed E-state index contributed by atoms with van der Waals surface area (Å²) >= 11 is 2.85. The van der Waals surface area contributed by atoms with Crippen LogP contribution >= 0.6 is 23.1 Å². The van der Waals surface area contributed by atoms with Crippen LogP contribution in [-0.4, -0.2) is 29.7 Å². The Labute approximate surface area is 157 Å². The van der Waals surface area contributed by atoms with Crippen LogP contribution in [0.1, 0.15) is 17.3 Å². The number of Topliss-reactive ketones (excluding diaryl/α,β-unsaturated/α-hetero) is 1. The molecule has 3 rings (SSSR count). The molecular formula is C18H15F2NO3S2. The van der Waals surface area contributed by atoms with E-state index in [2.05, 4.69) is 9.72 Å². The van der Waals surface area contributed by atoms with Gasteiger partial charge in [-0.05, 0) is 49.4 Å². The number of carbonyl (C=O) groups excluding carboxylic acids is 1. The van der Waals surface area contributed by atoms with E-state index in [-0.39, 0.29) is 17.3 Å². The van der Waals surface area contributed by atoms with Crippen LogP contribution in [0.25, 0.3) is 10.2 Å². The molecule has 4 nitrogen and oxygen atoms in total. The molecule has 1 heterocycles. The highest BCUT2D eigenvalue weighted by atomic mass is 32.2. The first-order chi connectivity index (χ1) is 12.5. The number of halogens is 2. The highest BCUT2D eigenvalue weighted by molar-refractivity contribution is 8.01. The predicted molar refractivity (Wildman–Crippen MR) is 98.9 cm³/mol. The van der Waals surface area contributed by atoms with Gasteiger partial charge in [0, 0.05) is 5.56 Å². The molecule has 0 aliphatic carbocycles. The normalized spacial score (nSPS) is 11.1. The van der Waals surface area contributed by atoms with E-state index in [1.807, 2.05) is 25.1 Å². The Balaban J connectivity index is 1.62. The summed E-state index contributed by atoms with van der Waals surface area (Å²) in [6.07, 6.45) is 0. The summed E-state index contributed by atoms with van der Waals surface area (Å²) in [4.78, 5) is 16.7. The largest absolute Gasteiger partial charge is 0.494 e. The number of benzene rings is 2. The van der Waals surface area contributed by atoms with Gasteiger partial charge in [-0.15, -0.1) is 11.3 Å². The summed E-state index contributed by atoms with van der Waals surface area (Å²) < 4.78 is 35.8. The van der Waals surface area contributed by atoms with Crippen LogP contribution in [0.4, 0.5) is 8.78 Å². The molecule has 0 atom stereocenters. The van der Waals surface area contributed by atoms with Crippen molar-refractivity contribution in [2.45, 2.75) is 17.9 Å². The average molecular weight is 395 g/mol. The van der Waals surface area contributed by atoms with E-state index in [1.165, 1.54) is 47.4 Å². The third-order valence-corrected chi connectivity index (χ3v) is 5.54. The lowest BCUT2D eigenvalue weighted by atomic mass is 10.1. The molecule has 0 saturated carbocycles. The Kier molecular flexibility index (Phi) is 6.05. The Morgan fingerprint density at radius 2 is 1.92 bits per heavy atom. The van der Waals surface area contributed by atoms with Crippen molar-refractivity contribution in [3.8, 4) is 11.5 Å². The van der Waals surface area contributed by atoms with Crippen LogP contribution in [0.3, 0.4) is 0 Å². The molecule has 0 saturated heterocycles. The summed E-state index contributed by atoms with van der Waals surface area (Å²) in [5, 5.41) is 0. The molecule has 0 unspecified atom stereocenters. The molecule has 0 aliphatic rings. The van der Waals surface area contributed by atoms with Crippen LogP contribution in [0.2, 0.25) is 0 Å². The van der Waals surface area contributed by atoms with Gasteiger partial charge in [0.25, 0.3) is 0 Å². The number of ether oxygens (including phenoxy) is 2. The van der Waals surface area contributed by atoms with Gasteiger partial charge in [0.2, 0.25) is 0 Å². The fourth-order valence-electron chi connectivity index (χ4n) is 2.23. The Morgan fingerprint density at radius 1 is 1.19 bits per heavy atom. The topological polar surface area (TPSA) is 48.4 Å². The highest BCUT2D eigenvalue weighted by Crippen LogP contribution is 2.32. The number of carbonyl (C=O) groups is 1. The minimum Gasteiger partial charge on any atom is -0.494 e. The fraction of sp³-hybridized carbons (Fsp3) is 0.222. The summed E-state index contributed by atoms with van der Waals surface area (Å²) in [7, 11) is 0. The number of fused-ring (bicyclic) bond motifs is 1. The SMILES string of the molecule is CCOc1ccc2nc(SCC(=O)c3ccc(OC(F)F)cc3)sc2c1. The van der Waals surface area contributed by atoms with Gasteiger partial charge in [-0.1, -0.05) is 11.8 Å². The number of alkyl halides is 2. The molecule has 26 heavy (non-hydrogen) atoms. The van der Waals surface area contributed by atoms with Gasteiger partial charge in [-0.3, -0.25) is 4.79 Å². The molecule has 0 N–H and O–H groups in total. The number of hydrogen-bond donors (Lipinski definition) is 0. The van der Waals surface area contributed by atoms with Crippen molar-refractivity contribution in [3.05, 3.63) is 48.0 Å². The molecule has 0 spiro atoms. The number of thiazole rings is 1. The summed E-state index contributed by atoms with van der Waals surface area (Å²) in [6, 6.07) is 11.4. The monoisotopic (exact) mass is 395 g/mol. The van der Waals surface area contributed by atoms with Gasteiger partial charge in [0.15, 0.2) is 10.1 Å². The summed E-state index contributed by atoms with van der Waals surface area (Å²) in [5.74, 6) is 0.934. The van der Waals surface area contributed by atoms with Crippen molar-refractivity contribution in [3.63, 3.8) is 0 Å². The number of hydrogen-bond acceptors (Lipinski definition) is 6. The maximum atomic E-state index is 12.3. The Bertz CT molecular complexity index is 897. The maximum absolute atomic E-state index is 12.3. The van der Waals surface area contributed by atoms with Crippen molar-refractivity contribution in [1.29, 1.82) is 0 Å². The number of thioether (sulfide) groups is 1. The standard InChI is InChI=1S/C18H15F2NO3S2/c1-2-23-13-7-8-14-16(9-13)26-18(21-14)25-10-15(22)11-3-5-12(6-4-11)24-17(19)20/h3-9,17H,2,10H2,1H3. The zero-order valence-corrected chi connectivity index (χ0v) is 15.4. The maximum Gasteiger partial charge on any atom is 0.387 e. The van der Waals surface area contributed by atoms with E-state index < -0.39 is 6.61 Å². The first kappa shape index (κ1) is 18.6. The molecule has 136 valence electrons. The predicted octanol–water partition coefficient (Wildman–Crippen LogP) is 5.27. The lowest BCUT2D eigenvalue weighted by Crippen LogP contribution is -2.04. The molecule has 3 aromatic rings. The lowest BCUT2D eigenvalue weighted by molar-refractivity contribution is -0.0498. The Morgan fingerprint density at radius 3 is 2.62 bits per heavy atom. The van der Waals surface area contributed by atoms with Crippen LogP contribution in [0, 0.1) is 0 Å². The van der Waals surface area contributed by atoms with Crippen LogP contribution in [0.15, 0.2) is 46.8 Å². The van der Waals surface area contributed by atoms with E-state index in [9.17, 15) is 13.6 Å². The zero-order valence-electron chi connectivity index (χ0n) is 13.8. The van der Waals surface area contributed by atoms with Gasteiger partial charge in [-0.2, -0.15) is 8.78 Å². The average Bonchev–Trinajstić information content (AvgIpc) is 3.02. The van der Waals surface area contributed by atoms with Crippen LogP contribution < -0.4 is 9.47 Å². The van der Waals surface area contributed by atoms with Gasteiger partial charge in [-0.25, -0.2) is 4.98 Å². The molecular weight excluding hydrogens is 380 g/mol. The lowest BCUT2D eigenvalue weighted by Gasteiger charge is -2.05. The Hall–Kier alpha value is -2.19. The second-order valence-corrected chi connectivity index (χ2v) is 7.41. The molecule has 1 aromatic heterocycles. The molecule has 0 bridgehead atoms. The second kappa shape index (κ2) is 8.46. The highest BCUT2D eigenvalue weighted by Gasteiger charge is 2.11. The molecule has 0 radical (unpaired) electrons. The van der Waals surface area contributed by atoms with Crippen molar-refractivity contribution in [1.82, 2.24) is 4.98 Å². The van der Waals surface area contributed by atoms with Gasteiger partial charge >= 0.3 is 6.61 Å². The zero-order chi connectivity index (χ0) is 18.5. The van der Waals surface area contributed by atoms with E-state index in [0.717, 1.165) is 20.3 Å². The third-order valence-electron chi connectivity index (χ3n) is 3.38. The summed E-state index contributed by atoms with van der Waals surface area (Å²) in [6.45, 7) is -0.355. The number of nitrogens with zero attached hydrogens (tertiary/aromatic N) is 1. The molecule has 0 fully saturated rings. The first-order valence-corrected chi connectivity index (χ1v) is 9.59. The minimum atomic E-state index is -2.88. The van der Waals surface area contributed by atoms with Gasteiger partial charge < -0.3 is 9.47 Å². The number of aromatic nitrogens is 1. The smallest absolute Gasteiger partial charge is 0.387 e. The van der Waals surface area contributed by atoms with Crippen LogP contribution in [-0.2, 0) is 0 Å². The van der Waals surface area contributed by atoms with E-state index in [0.29, 0.717) is 12.2 Å². The van der Waals surface area contributed by atoms with E-state index in [1.54, 1.807) is 0 Å². The van der Waals surface area contributed by atoms with Crippen molar-refractivity contribution in [2.24, 2.45) is 0 Å². The quantitative estimate of drug-likeness (QED) is 0.384. The van der Waals surface area contributed by atoms with Gasteiger partial charge in [0.1, 0.15) is 11.5 Å². The number of rotatable bonds is 8. The van der Waals surface area contributed by atoms with E-state index >= 15 is 0 Å². The third kappa shape index (κ3) is 4.70. The second-order valence-electron chi connectivity index (χ2n) is 5.16. The van der Waals surface area contributed by atoms with Crippen molar-refractivity contribution >= 4 is 39.1 Å². The first-order valence-electron chi connectivity index (χ1n) is 7.79. The fourth-order valence-corrected chi connectivity index (χ4v) is 4.23. The summed E-state index contributed by atoms with van der Waals surface area (Å²) in [5.41, 5.74) is 1.31. The molecule has 8 heteroatoms. The van der Waals surface area contributed by atoms with Crippen LogP contribution in [0.5, 0.6) is 11.5 Å². The molecule has 0 aliphatic heterocycles. The van der Waals surface area contributed by atoms with Gasteiger partial charge in [0.05, 0.1) is 22.6 Å².